The van der Waals surface area contributed by atoms with Crippen LogP contribution < -0.4 is 14.2 Å². The van der Waals surface area contributed by atoms with Gasteiger partial charge in [0.15, 0.2) is 5.78 Å². The first kappa shape index (κ1) is 20.2. The molecule has 0 amide bonds. The van der Waals surface area contributed by atoms with Crippen molar-refractivity contribution in [2.75, 3.05) is 0 Å². The fraction of sp³-hybridized carbons (Fsp3) is 0.0741. The molecule has 0 radical (unpaired) electrons. The SMILES string of the molecule is CC(=O)c1ccc(Oc2ccc(Oc3ccc(Oc4ccc(C)cc4)cc3)cc2)cc1. The van der Waals surface area contributed by atoms with Crippen LogP contribution in [0.2, 0.25) is 0 Å². The average Bonchev–Trinajstić information content (AvgIpc) is 2.78. The second-order valence-electron chi connectivity index (χ2n) is 7.14. The number of hydrogen-bond acceptors (Lipinski definition) is 4. The summed E-state index contributed by atoms with van der Waals surface area (Å²) in [6.45, 7) is 3.58. The van der Waals surface area contributed by atoms with Crippen LogP contribution >= 0.6 is 0 Å². The Balaban J connectivity index is 1.35. The van der Waals surface area contributed by atoms with Gasteiger partial charge in [-0.3, -0.25) is 4.79 Å². The molecule has 0 saturated carbocycles. The van der Waals surface area contributed by atoms with Crippen molar-refractivity contribution < 1.29 is 19.0 Å². The third kappa shape index (κ3) is 5.52. The highest BCUT2D eigenvalue weighted by Gasteiger charge is 2.03. The van der Waals surface area contributed by atoms with Crippen molar-refractivity contribution >= 4 is 5.78 Å². The molecule has 0 unspecified atom stereocenters. The highest BCUT2D eigenvalue weighted by molar-refractivity contribution is 5.94. The van der Waals surface area contributed by atoms with Gasteiger partial charge in [-0.25, -0.2) is 0 Å². The van der Waals surface area contributed by atoms with Gasteiger partial charge in [0.1, 0.15) is 34.5 Å². The molecule has 0 heterocycles. The lowest BCUT2D eigenvalue weighted by molar-refractivity contribution is 0.101. The summed E-state index contributed by atoms with van der Waals surface area (Å²) >= 11 is 0. The summed E-state index contributed by atoms with van der Waals surface area (Å²) in [6, 6.07) is 29.8. The van der Waals surface area contributed by atoms with E-state index in [4.69, 9.17) is 14.2 Å². The fourth-order valence-corrected chi connectivity index (χ4v) is 2.92. The lowest BCUT2D eigenvalue weighted by Crippen LogP contribution is -1.91. The number of rotatable bonds is 7. The number of ketones is 1. The molecule has 0 N–H and O–H groups in total. The van der Waals surface area contributed by atoms with E-state index in [9.17, 15) is 4.79 Å². The molecule has 0 aliphatic rings. The molecule has 0 bridgehead atoms. The van der Waals surface area contributed by atoms with Crippen molar-refractivity contribution in [2.24, 2.45) is 0 Å². The molecule has 4 aromatic rings. The van der Waals surface area contributed by atoms with Gasteiger partial charge in [-0.2, -0.15) is 0 Å². The van der Waals surface area contributed by atoms with E-state index in [-0.39, 0.29) is 5.78 Å². The molecule has 0 saturated heterocycles. The maximum absolute atomic E-state index is 11.4. The molecule has 31 heavy (non-hydrogen) atoms. The number of carbonyl (C=O) groups excluding carboxylic acids is 1. The molecule has 0 fully saturated rings. The topological polar surface area (TPSA) is 44.8 Å². The summed E-state index contributed by atoms with van der Waals surface area (Å²) in [5.41, 5.74) is 1.85. The van der Waals surface area contributed by atoms with E-state index in [1.54, 1.807) is 31.2 Å². The van der Waals surface area contributed by atoms with Crippen LogP contribution in [0.4, 0.5) is 0 Å². The first-order valence-electron chi connectivity index (χ1n) is 9.96. The third-order valence-corrected chi connectivity index (χ3v) is 4.64. The summed E-state index contributed by atoms with van der Waals surface area (Å²) in [5, 5.41) is 0. The monoisotopic (exact) mass is 410 g/mol. The quantitative estimate of drug-likeness (QED) is 0.295. The fourth-order valence-electron chi connectivity index (χ4n) is 2.92. The van der Waals surface area contributed by atoms with E-state index in [1.807, 2.05) is 79.7 Å². The molecule has 4 heteroatoms. The zero-order valence-electron chi connectivity index (χ0n) is 17.4. The van der Waals surface area contributed by atoms with Gasteiger partial charge in [0, 0.05) is 5.56 Å². The zero-order valence-corrected chi connectivity index (χ0v) is 17.4. The molecule has 0 spiro atoms. The van der Waals surface area contributed by atoms with E-state index < -0.39 is 0 Å². The van der Waals surface area contributed by atoms with Crippen molar-refractivity contribution in [3.63, 3.8) is 0 Å². The number of benzene rings is 4. The van der Waals surface area contributed by atoms with Crippen LogP contribution in [0.15, 0.2) is 97.1 Å². The van der Waals surface area contributed by atoms with E-state index in [2.05, 4.69) is 0 Å². The van der Waals surface area contributed by atoms with E-state index in [1.165, 1.54) is 5.56 Å². The van der Waals surface area contributed by atoms with Gasteiger partial charge in [0.2, 0.25) is 0 Å². The van der Waals surface area contributed by atoms with Gasteiger partial charge in [-0.1, -0.05) is 17.7 Å². The molecule has 4 rings (SSSR count). The molecule has 0 aliphatic heterocycles. The standard InChI is InChI=1S/C27H22O4/c1-19-3-7-22(8-4-19)29-24-11-15-26(16-12-24)31-27-17-13-25(14-18-27)30-23-9-5-21(6-10-23)20(2)28/h3-18H,1-2H3. The Kier molecular flexibility index (Phi) is 5.99. The predicted molar refractivity (Wildman–Crippen MR) is 121 cm³/mol. The smallest absolute Gasteiger partial charge is 0.159 e. The minimum absolute atomic E-state index is 0.0304. The molecule has 4 aromatic carbocycles. The molecule has 0 aliphatic carbocycles. The first-order chi connectivity index (χ1) is 15.0. The summed E-state index contributed by atoms with van der Waals surface area (Å²) in [6.07, 6.45) is 0. The Morgan fingerprint density at radius 2 is 0.742 bits per heavy atom. The molecule has 0 atom stereocenters. The highest BCUT2D eigenvalue weighted by atomic mass is 16.5. The lowest BCUT2D eigenvalue weighted by atomic mass is 10.1. The first-order valence-corrected chi connectivity index (χ1v) is 9.96. The number of hydrogen-bond donors (Lipinski definition) is 0. The Bertz CT molecular complexity index is 1140. The van der Waals surface area contributed by atoms with Gasteiger partial charge in [-0.15, -0.1) is 0 Å². The highest BCUT2D eigenvalue weighted by Crippen LogP contribution is 2.29. The van der Waals surface area contributed by atoms with Gasteiger partial charge in [0.25, 0.3) is 0 Å². The Labute approximate surface area is 181 Å². The summed E-state index contributed by atoms with van der Waals surface area (Å²) in [5.74, 6) is 4.34. The van der Waals surface area contributed by atoms with E-state index in [0.717, 1.165) is 11.5 Å². The maximum Gasteiger partial charge on any atom is 0.159 e. The Hall–Kier alpha value is -4.05. The number of Topliss-reactive ketones (excluding diaryl/α,β-unsaturated/α-hetero) is 1. The van der Waals surface area contributed by atoms with Gasteiger partial charge in [0.05, 0.1) is 0 Å². The lowest BCUT2D eigenvalue weighted by Gasteiger charge is -2.10. The molecule has 0 aromatic heterocycles. The van der Waals surface area contributed by atoms with Gasteiger partial charge in [-0.05, 0) is 98.8 Å². The number of ether oxygens (including phenoxy) is 3. The molecular formula is C27H22O4. The zero-order chi connectivity index (χ0) is 21.6. The van der Waals surface area contributed by atoms with Crippen LogP contribution in [0.25, 0.3) is 0 Å². The predicted octanol–water partition coefficient (Wildman–Crippen LogP) is 7.57. The number of carbonyl (C=O) groups is 1. The summed E-state index contributed by atoms with van der Waals surface area (Å²) in [7, 11) is 0. The van der Waals surface area contributed by atoms with E-state index in [0.29, 0.717) is 28.6 Å². The minimum Gasteiger partial charge on any atom is -0.457 e. The normalized spacial score (nSPS) is 10.4. The van der Waals surface area contributed by atoms with Gasteiger partial charge < -0.3 is 14.2 Å². The minimum atomic E-state index is 0.0304. The second kappa shape index (κ2) is 9.18. The van der Waals surface area contributed by atoms with Crippen LogP contribution in [-0.4, -0.2) is 5.78 Å². The third-order valence-electron chi connectivity index (χ3n) is 4.64. The average molecular weight is 410 g/mol. The van der Waals surface area contributed by atoms with Crippen molar-refractivity contribution in [2.45, 2.75) is 13.8 Å². The Morgan fingerprint density at radius 3 is 1.03 bits per heavy atom. The van der Waals surface area contributed by atoms with Crippen LogP contribution in [0, 0.1) is 6.92 Å². The van der Waals surface area contributed by atoms with Gasteiger partial charge >= 0.3 is 0 Å². The van der Waals surface area contributed by atoms with Crippen LogP contribution in [0.5, 0.6) is 34.5 Å². The van der Waals surface area contributed by atoms with Crippen molar-refractivity contribution in [3.8, 4) is 34.5 Å². The van der Waals surface area contributed by atoms with Crippen LogP contribution in [0.1, 0.15) is 22.8 Å². The van der Waals surface area contributed by atoms with Crippen LogP contribution in [-0.2, 0) is 0 Å². The van der Waals surface area contributed by atoms with Crippen LogP contribution in [0.3, 0.4) is 0 Å². The van der Waals surface area contributed by atoms with E-state index >= 15 is 0 Å². The summed E-state index contributed by atoms with van der Waals surface area (Å²) in [4.78, 5) is 11.4. The number of aryl methyl sites for hydroxylation is 1. The Morgan fingerprint density at radius 1 is 0.484 bits per heavy atom. The maximum atomic E-state index is 11.4. The molecule has 154 valence electrons. The largest absolute Gasteiger partial charge is 0.457 e. The molecule has 4 nitrogen and oxygen atoms in total. The van der Waals surface area contributed by atoms with Crippen molar-refractivity contribution in [1.29, 1.82) is 0 Å². The summed E-state index contributed by atoms with van der Waals surface area (Å²) < 4.78 is 17.6. The van der Waals surface area contributed by atoms with Crippen molar-refractivity contribution in [3.05, 3.63) is 108 Å². The van der Waals surface area contributed by atoms with Crippen molar-refractivity contribution in [1.82, 2.24) is 0 Å². The molecular weight excluding hydrogens is 388 g/mol. The second-order valence-corrected chi connectivity index (χ2v) is 7.14.